The molecule has 130 valence electrons. The molecule has 1 aromatic carbocycles. The summed E-state index contributed by atoms with van der Waals surface area (Å²) >= 11 is 0. The van der Waals surface area contributed by atoms with Crippen LogP contribution in [0.4, 0.5) is 0 Å². The number of H-pyrrole nitrogens is 1. The molecule has 0 saturated carbocycles. The van der Waals surface area contributed by atoms with Crippen molar-refractivity contribution in [1.29, 1.82) is 0 Å². The third kappa shape index (κ3) is 3.97. The Kier molecular flexibility index (Phi) is 5.53. The molecule has 1 unspecified atom stereocenters. The lowest BCUT2D eigenvalue weighted by atomic mass is 10.1. The Morgan fingerprint density at radius 3 is 2.92 bits per heavy atom. The smallest absolute Gasteiger partial charge is 0.252 e. The van der Waals surface area contributed by atoms with E-state index in [-0.39, 0.29) is 5.56 Å². The molecule has 24 heavy (non-hydrogen) atoms. The number of hydrogen-bond donors (Lipinski definition) is 1. The van der Waals surface area contributed by atoms with Gasteiger partial charge in [-0.2, -0.15) is 0 Å². The van der Waals surface area contributed by atoms with Gasteiger partial charge >= 0.3 is 0 Å². The molecule has 2 aromatic rings. The summed E-state index contributed by atoms with van der Waals surface area (Å²) in [7, 11) is 1.63. The molecule has 1 saturated heterocycles. The number of methoxy groups -OCH3 is 1. The topological polar surface area (TPSA) is 54.6 Å². The van der Waals surface area contributed by atoms with Crippen LogP contribution in [0.25, 0.3) is 10.9 Å². The van der Waals surface area contributed by atoms with Crippen LogP contribution < -0.4 is 10.3 Å². The van der Waals surface area contributed by atoms with Gasteiger partial charge in [0.25, 0.3) is 5.56 Å². The molecule has 0 amide bonds. The van der Waals surface area contributed by atoms with Crippen LogP contribution in [0.3, 0.4) is 0 Å². The Bertz CT molecular complexity index is 735. The minimum absolute atomic E-state index is 0.0289. The molecule has 0 aliphatic carbocycles. The van der Waals surface area contributed by atoms with Crippen LogP contribution in [0.5, 0.6) is 5.75 Å². The predicted octanol–water partition coefficient (Wildman–Crippen LogP) is 2.93. The van der Waals surface area contributed by atoms with Crippen molar-refractivity contribution in [2.75, 3.05) is 26.8 Å². The predicted molar refractivity (Wildman–Crippen MR) is 95.7 cm³/mol. The van der Waals surface area contributed by atoms with E-state index in [1.807, 2.05) is 24.3 Å². The zero-order chi connectivity index (χ0) is 16.9. The number of nitrogens with one attached hydrogen (secondary N) is 1. The summed E-state index contributed by atoms with van der Waals surface area (Å²) in [6.07, 6.45) is 3.81. The van der Waals surface area contributed by atoms with Gasteiger partial charge in [-0.3, -0.25) is 9.69 Å². The largest absolute Gasteiger partial charge is 0.497 e. The van der Waals surface area contributed by atoms with Gasteiger partial charge in [0.1, 0.15) is 5.75 Å². The van der Waals surface area contributed by atoms with Gasteiger partial charge in [0.05, 0.1) is 18.7 Å². The van der Waals surface area contributed by atoms with Crippen molar-refractivity contribution in [2.24, 2.45) is 0 Å². The highest BCUT2D eigenvalue weighted by atomic mass is 16.5. The molecule has 5 nitrogen and oxygen atoms in total. The van der Waals surface area contributed by atoms with Crippen LogP contribution in [0.1, 0.15) is 31.7 Å². The second kappa shape index (κ2) is 7.81. The van der Waals surface area contributed by atoms with Gasteiger partial charge < -0.3 is 14.5 Å². The number of likely N-dealkylation sites (N-methyl/N-ethyl adjacent to an activating group) is 1. The number of aromatic amines is 1. The SMILES string of the molecule is CCN(Cc1cc2ccc(OC)cc2[nH]c1=O)CC1CCCCO1. The highest BCUT2D eigenvalue weighted by Crippen LogP contribution is 2.19. The number of fused-ring (bicyclic) bond motifs is 1. The fraction of sp³-hybridized carbons (Fsp3) is 0.526. The molecular weight excluding hydrogens is 304 g/mol. The zero-order valence-electron chi connectivity index (χ0n) is 14.5. The number of nitrogens with zero attached hydrogens (tertiary/aromatic N) is 1. The number of benzene rings is 1. The van der Waals surface area contributed by atoms with E-state index in [0.717, 1.165) is 54.8 Å². The van der Waals surface area contributed by atoms with E-state index in [2.05, 4.69) is 16.8 Å². The molecule has 1 N–H and O–H groups in total. The monoisotopic (exact) mass is 330 g/mol. The van der Waals surface area contributed by atoms with Crippen LogP contribution in [0.2, 0.25) is 0 Å². The quantitative estimate of drug-likeness (QED) is 0.885. The fourth-order valence-corrected chi connectivity index (χ4v) is 3.26. The molecule has 0 radical (unpaired) electrons. The number of hydrogen-bond acceptors (Lipinski definition) is 4. The average molecular weight is 330 g/mol. The van der Waals surface area contributed by atoms with Gasteiger partial charge in [-0.05, 0) is 49.4 Å². The molecule has 0 bridgehead atoms. The van der Waals surface area contributed by atoms with Gasteiger partial charge in [-0.25, -0.2) is 0 Å². The third-order valence-electron chi connectivity index (χ3n) is 4.71. The fourth-order valence-electron chi connectivity index (χ4n) is 3.26. The summed E-state index contributed by atoms with van der Waals surface area (Å²) in [5.74, 6) is 0.746. The van der Waals surface area contributed by atoms with Crippen molar-refractivity contribution in [2.45, 2.75) is 38.8 Å². The highest BCUT2D eigenvalue weighted by Gasteiger charge is 2.18. The Balaban J connectivity index is 1.77. The van der Waals surface area contributed by atoms with Crippen LogP contribution in [-0.4, -0.2) is 42.8 Å². The van der Waals surface area contributed by atoms with Gasteiger partial charge in [0.15, 0.2) is 0 Å². The van der Waals surface area contributed by atoms with Crippen molar-refractivity contribution >= 4 is 10.9 Å². The lowest BCUT2D eigenvalue weighted by Crippen LogP contribution is -2.36. The normalized spacial score (nSPS) is 18.2. The Morgan fingerprint density at radius 1 is 1.33 bits per heavy atom. The summed E-state index contributed by atoms with van der Waals surface area (Å²) in [6.45, 7) is 5.42. The maximum atomic E-state index is 12.4. The van der Waals surface area contributed by atoms with E-state index in [9.17, 15) is 4.79 Å². The molecule has 1 aromatic heterocycles. The second-order valence-corrected chi connectivity index (χ2v) is 6.39. The molecule has 1 aliphatic heterocycles. The Labute approximate surface area is 142 Å². The first-order valence-corrected chi connectivity index (χ1v) is 8.73. The molecule has 0 spiro atoms. The van der Waals surface area contributed by atoms with Crippen molar-refractivity contribution < 1.29 is 9.47 Å². The van der Waals surface area contributed by atoms with Crippen molar-refractivity contribution in [3.05, 3.63) is 40.2 Å². The standard InChI is InChI=1S/C19H26N2O3/c1-3-21(13-17-6-4-5-9-24-17)12-15-10-14-7-8-16(23-2)11-18(14)20-19(15)22/h7-8,10-11,17H,3-6,9,12-13H2,1-2H3,(H,20,22). The first-order chi connectivity index (χ1) is 11.7. The Morgan fingerprint density at radius 2 is 2.21 bits per heavy atom. The summed E-state index contributed by atoms with van der Waals surface area (Å²) < 4.78 is 11.0. The highest BCUT2D eigenvalue weighted by molar-refractivity contribution is 5.80. The zero-order valence-corrected chi connectivity index (χ0v) is 14.5. The lowest BCUT2D eigenvalue weighted by Gasteiger charge is -2.29. The second-order valence-electron chi connectivity index (χ2n) is 6.39. The summed E-state index contributed by atoms with van der Waals surface area (Å²) in [4.78, 5) is 17.7. The number of aromatic nitrogens is 1. The third-order valence-corrected chi connectivity index (χ3v) is 4.71. The molecule has 1 atom stereocenters. The van der Waals surface area contributed by atoms with Crippen LogP contribution in [0, 0.1) is 0 Å². The van der Waals surface area contributed by atoms with E-state index < -0.39 is 0 Å². The minimum atomic E-state index is -0.0289. The van der Waals surface area contributed by atoms with Crippen molar-refractivity contribution in [1.82, 2.24) is 9.88 Å². The summed E-state index contributed by atoms with van der Waals surface area (Å²) in [5, 5.41) is 1.02. The summed E-state index contributed by atoms with van der Waals surface area (Å²) in [6, 6.07) is 7.73. The lowest BCUT2D eigenvalue weighted by molar-refractivity contribution is -0.00629. The molecular formula is C19H26N2O3. The van der Waals surface area contributed by atoms with E-state index >= 15 is 0 Å². The van der Waals surface area contributed by atoms with Crippen molar-refractivity contribution in [3.8, 4) is 5.75 Å². The van der Waals surface area contributed by atoms with E-state index in [4.69, 9.17) is 9.47 Å². The minimum Gasteiger partial charge on any atom is -0.497 e. The number of rotatable bonds is 6. The number of ether oxygens (including phenoxy) is 2. The summed E-state index contributed by atoms with van der Waals surface area (Å²) in [5.41, 5.74) is 1.57. The molecule has 3 rings (SSSR count). The maximum absolute atomic E-state index is 12.4. The first kappa shape index (κ1) is 17.0. The Hall–Kier alpha value is -1.85. The van der Waals surface area contributed by atoms with E-state index in [0.29, 0.717) is 12.6 Å². The van der Waals surface area contributed by atoms with E-state index in [1.165, 1.54) is 6.42 Å². The van der Waals surface area contributed by atoms with Crippen LogP contribution in [0.15, 0.2) is 29.1 Å². The van der Waals surface area contributed by atoms with E-state index in [1.54, 1.807) is 7.11 Å². The molecule has 1 fully saturated rings. The molecule has 5 heteroatoms. The van der Waals surface area contributed by atoms with Gasteiger partial charge in [0, 0.05) is 31.3 Å². The van der Waals surface area contributed by atoms with Crippen molar-refractivity contribution in [3.63, 3.8) is 0 Å². The average Bonchev–Trinajstić information content (AvgIpc) is 2.62. The van der Waals surface area contributed by atoms with Gasteiger partial charge in [-0.1, -0.05) is 6.92 Å². The molecule has 2 heterocycles. The van der Waals surface area contributed by atoms with Gasteiger partial charge in [-0.15, -0.1) is 0 Å². The van der Waals surface area contributed by atoms with Crippen LogP contribution in [-0.2, 0) is 11.3 Å². The van der Waals surface area contributed by atoms with Gasteiger partial charge in [0.2, 0.25) is 0 Å². The molecule has 1 aliphatic rings. The van der Waals surface area contributed by atoms with Crippen LogP contribution >= 0.6 is 0 Å². The number of pyridine rings is 1. The maximum Gasteiger partial charge on any atom is 0.252 e. The first-order valence-electron chi connectivity index (χ1n) is 8.73.